The number of carbonyl (C=O) groups excluding carboxylic acids is 1. The Morgan fingerprint density at radius 2 is 2.04 bits per heavy atom. The van der Waals surface area contributed by atoms with E-state index in [9.17, 15) is 26.4 Å². The Labute approximate surface area is 138 Å². The van der Waals surface area contributed by atoms with E-state index in [-0.39, 0.29) is 17.9 Å². The number of benzene rings is 1. The van der Waals surface area contributed by atoms with Crippen LogP contribution in [0.4, 0.5) is 13.2 Å². The number of piperidine rings is 1. The van der Waals surface area contributed by atoms with Gasteiger partial charge in [-0.25, -0.2) is 13.1 Å². The first kappa shape index (κ1) is 18.7. The Hall–Kier alpha value is -1.61. The van der Waals surface area contributed by atoms with Gasteiger partial charge in [0.05, 0.1) is 11.4 Å². The molecule has 0 aromatic heterocycles. The fourth-order valence-electron chi connectivity index (χ4n) is 2.69. The van der Waals surface area contributed by atoms with E-state index in [2.05, 4.69) is 4.72 Å². The van der Waals surface area contributed by atoms with E-state index in [4.69, 9.17) is 0 Å². The molecule has 24 heavy (non-hydrogen) atoms. The molecule has 1 unspecified atom stereocenters. The Morgan fingerprint density at radius 3 is 2.67 bits per heavy atom. The van der Waals surface area contributed by atoms with Gasteiger partial charge in [0.25, 0.3) is 0 Å². The van der Waals surface area contributed by atoms with Crippen LogP contribution in [0.2, 0.25) is 0 Å². The second-order valence-corrected chi connectivity index (χ2v) is 7.55. The Morgan fingerprint density at radius 1 is 1.33 bits per heavy atom. The average Bonchev–Trinajstić information content (AvgIpc) is 2.52. The summed E-state index contributed by atoms with van der Waals surface area (Å²) in [5, 5.41) is 0. The van der Waals surface area contributed by atoms with Crippen LogP contribution in [-0.4, -0.2) is 44.5 Å². The summed E-state index contributed by atoms with van der Waals surface area (Å²) in [6.45, 7) is 1.00. The first-order valence-electron chi connectivity index (χ1n) is 7.54. The van der Waals surface area contributed by atoms with Gasteiger partial charge < -0.3 is 4.90 Å². The van der Waals surface area contributed by atoms with E-state index in [1.807, 2.05) is 0 Å². The molecule has 1 amide bonds. The second kappa shape index (κ2) is 7.10. The smallest absolute Gasteiger partial charge is 0.329 e. The lowest BCUT2D eigenvalue weighted by molar-refractivity contribution is -0.195. The molecule has 0 radical (unpaired) electrons. The van der Waals surface area contributed by atoms with Gasteiger partial charge in [0, 0.05) is 6.54 Å². The molecule has 2 rings (SSSR count). The number of nitrogens with zero attached hydrogens (tertiary/aromatic N) is 1. The Balaban J connectivity index is 2.06. The van der Waals surface area contributed by atoms with Gasteiger partial charge in [0.1, 0.15) is 6.04 Å². The highest BCUT2D eigenvalue weighted by atomic mass is 32.2. The fourth-order valence-corrected chi connectivity index (χ4v) is 3.77. The number of hydrogen-bond acceptors (Lipinski definition) is 3. The predicted molar refractivity (Wildman–Crippen MR) is 81.8 cm³/mol. The lowest BCUT2D eigenvalue weighted by Gasteiger charge is -2.36. The molecular weight excluding hydrogens is 345 g/mol. The molecule has 1 heterocycles. The number of aryl methyl sites for hydroxylation is 1. The summed E-state index contributed by atoms with van der Waals surface area (Å²) in [6, 6.07) is 4.20. The number of nitrogens with one attached hydrogen (secondary N) is 1. The molecule has 1 fully saturated rings. The standard InChI is InChI=1S/C15H19F3N2O3S/c1-11-5-4-6-12(9-11)24(22,23)19-10-14(21)20-8-3-2-7-13(20)15(16,17)18/h4-6,9,13,19H,2-3,7-8,10H2,1H3. The van der Waals surface area contributed by atoms with Gasteiger partial charge in [0.2, 0.25) is 15.9 Å². The first-order chi connectivity index (χ1) is 11.1. The molecule has 9 heteroatoms. The molecule has 0 aliphatic carbocycles. The fraction of sp³-hybridized carbons (Fsp3) is 0.533. The van der Waals surface area contributed by atoms with Crippen molar-refractivity contribution in [2.45, 2.75) is 43.3 Å². The molecule has 1 atom stereocenters. The van der Waals surface area contributed by atoms with Crippen LogP contribution in [0.3, 0.4) is 0 Å². The molecular formula is C15H19F3N2O3S. The zero-order valence-corrected chi connectivity index (χ0v) is 14.0. The van der Waals surface area contributed by atoms with Crippen molar-refractivity contribution in [3.8, 4) is 0 Å². The van der Waals surface area contributed by atoms with Crippen LogP contribution in [0.5, 0.6) is 0 Å². The van der Waals surface area contributed by atoms with Crippen LogP contribution >= 0.6 is 0 Å². The quantitative estimate of drug-likeness (QED) is 0.891. The number of hydrogen-bond donors (Lipinski definition) is 1. The van der Waals surface area contributed by atoms with Crippen molar-refractivity contribution in [1.29, 1.82) is 0 Å². The average molecular weight is 364 g/mol. The van der Waals surface area contributed by atoms with Crippen molar-refractivity contribution in [1.82, 2.24) is 9.62 Å². The van der Waals surface area contributed by atoms with Crippen LogP contribution in [0.15, 0.2) is 29.2 Å². The molecule has 1 aromatic carbocycles. The van der Waals surface area contributed by atoms with E-state index in [1.165, 1.54) is 12.1 Å². The van der Waals surface area contributed by atoms with Crippen LogP contribution in [0, 0.1) is 6.92 Å². The number of carbonyl (C=O) groups is 1. The summed E-state index contributed by atoms with van der Waals surface area (Å²) >= 11 is 0. The van der Waals surface area contributed by atoms with Crippen molar-refractivity contribution < 1.29 is 26.4 Å². The lowest BCUT2D eigenvalue weighted by atomic mass is 10.0. The van der Waals surface area contributed by atoms with Gasteiger partial charge in [-0.05, 0) is 43.9 Å². The Bertz CT molecular complexity index is 704. The highest BCUT2D eigenvalue weighted by molar-refractivity contribution is 7.89. The second-order valence-electron chi connectivity index (χ2n) is 5.78. The molecule has 1 aliphatic heterocycles. The molecule has 1 aliphatic rings. The topological polar surface area (TPSA) is 66.5 Å². The third-order valence-corrected chi connectivity index (χ3v) is 5.31. The van der Waals surface area contributed by atoms with Gasteiger partial charge in [-0.1, -0.05) is 12.1 Å². The molecule has 0 bridgehead atoms. The normalized spacial score (nSPS) is 19.3. The summed E-state index contributed by atoms with van der Waals surface area (Å²) in [5.74, 6) is -0.867. The molecule has 1 saturated heterocycles. The first-order valence-corrected chi connectivity index (χ1v) is 9.02. The van der Waals surface area contributed by atoms with Crippen LogP contribution < -0.4 is 4.72 Å². The van der Waals surface area contributed by atoms with Crippen LogP contribution in [0.1, 0.15) is 24.8 Å². The van der Waals surface area contributed by atoms with E-state index in [0.29, 0.717) is 12.8 Å². The number of sulfonamides is 1. The van der Waals surface area contributed by atoms with Crippen molar-refractivity contribution in [2.75, 3.05) is 13.1 Å². The summed E-state index contributed by atoms with van der Waals surface area (Å²) < 4.78 is 65.4. The summed E-state index contributed by atoms with van der Waals surface area (Å²) in [6.07, 6.45) is -3.79. The molecule has 1 N–H and O–H groups in total. The number of likely N-dealkylation sites (tertiary alicyclic amines) is 1. The highest BCUT2D eigenvalue weighted by Crippen LogP contribution is 2.31. The van der Waals surface area contributed by atoms with Crippen molar-refractivity contribution in [2.24, 2.45) is 0 Å². The van der Waals surface area contributed by atoms with Gasteiger partial charge in [-0.3, -0.25) is 4.79 Å². The molecule has 134 valence electrons. The number of amides is 1. The third kappa shape index (κ3) is 4.47. The van der Waals surface area contributed by atoms with Crippen LogP contribution in [-0.2, 0) is 14.8 Å². The predicted octanol–water partition coefficient (Wildman–Crippen LogP) is 2.22. The largest absolute Gasteiger partial charge is 0.408 e. The lowest BCUT2D eigenvalue weighted by Crippen LogP contribution is -2.53. The zero-order chi connectivity index (χ0) is 18.0. The van der Waals surface area contributed by atoms with Gasteiger partial charge >= 0.3 is 6.18 Å². The molecule has 1 aromatic rings. The third-order valence-electron chi connectivity index (χ3n) is 3.91. The number of alkyl halides is 3. The maximum absolute atomic E-state index is 13.0. The zero-order valence-electron chi connectivity index (χ0n) is 13.1. The van der Waals surface area contributed by atoms with E-state index in [0.717, 1.165) is 10.5 Å². The van der Waals surface area contributed by atoms with Gasteiger partial charge in [-0.15, -0.1) is 0 Å². The monoisotopic (exact) mass is 364 g/mol. The highest BCUT2D eigenvalue weighted by Gasteiger charge is 2.46. The maximum atomic E-state index is 13.0. The number of halogens is 3. The van der Waals surface area contributed by atoms with Crippen LogP contribution in [0.25, 0.3) is 0 Å². The van der Waals surface area contributed by atoms with Crippen molar-refractivity contribution in [3.63, 3.8) is 0 Å². The number of rotatable bonds is 4. The van der Waals surface area contributed by atoms with Gasteiger partial charge in [-0.2, -0.15) is 13.2 Å². The van der Waals surface area contributed by atoms with E-state index >= 15 is 0 Å². The molecule has 0 saturated carbocycles. The summed E-state index contributed by atoms with van der Waals surface area (Å²) in [7, 11) is -3.95. The van der Waals surface area contributed by atoms with E-state index < -0.39 is 34.7 Å². The maximum Gasteiger partial charge on any atom is 0.408 e. The summed E-state index contributed by atoms with van der Waals surface area (Å²) in [5.41, 5.74) is 0.720. The molecule has 0 spiro atoms. The summed E-state index contributed by atoms with van der Waals surface area (Å²) in [4.78, 5) is 12.8. The van der Waals surface area contributed by atoms with Gasteiger partial charge in [0.15, 0.2) is 0 Å². The Kier molecular flexibility index (Phi) is 5.54. The van der Waals surface area contributed by atoms with Crippen molar-refractivity contribution in [3.05, 3.63) is 29.8 Å². The van der Waals surface area contributed by atoms with E-state index in [1.54, 1.807) is 19.1 Å². The molecule has 5 nitrogen and oxygen atoms in total. The minimum absolute atomic E-state index is 0.0187. The minimum Gasteiger partial charge on any atom is -0.329 e. The minimum atomic E-state index is -4.51. The SMILES string of the molecule is Cc1cccc(S(=O)(=O)NCC(=O)N2CCCCC2C(F)(F)F)c1. The van der Waals surface area contributed by atoms with Crippen molar-refractivity contribution >= 4 is 15.9 Å².